The molecule has 1 nitrogen and oxygen atoms in total. The Balaban J connectivity index is 2.45. The van der Waals surface area contributed by atoms with Crippen LogP contribution in [0.2, 0.25) is 0 Å². The summed E-state index contributed by atoms with van der Waals surface area (Å²) in [6, 6.07) is 14.3. The molecule has 0 aromatic heterocycles. The molecule has 0 radical (unpaired) electrons. The summed E-state index contributed by atoms with van der Waals surface area (Å²) in [7, 11) is 0. The Hall–Kier alpha value is -1.50. The highest BCUT2D eigenvalue weighted by atomic mass is 32.2. The van der Waals surface area contributed by atoms with Crippen molar-refractivity contribution in [3.63, 3.8) is 0 Å². The molecule has 2 aromatic rings. The van der Waals surface area contributed by atoms with Crippen molar-refractivity contribution in [2.75, 3.05) is 0 Å². The lowest BCUT2D eigenvalue weighted by molar-refractivity contribution is 0.569. The highest BCUT2D eigenvalue weighted by molar-refractivity contribution is 8.02. The summed E-state index contributed by atoms with van der Waals surface area (Å²) in [5.74, 6) is 1.75. The Morgan fingerprint density at radius 1 is 1.07 bits per heavy atom. The Bertz CT molecular complexity index is 498. The van der Waals surface area contributed by atoms with Gasteiger partial charge in [-0.25, -0.2) is 4.79 Å². The molecule has 2 heteroatoms. The van der Waals surface area contributed by atoms with E-state index >= 15 is 0 Å². The van der Waals surface area contributed by atoms with Crippen LogP contribution in [-0.2, 0) is 4.79 Å². The minimum atomic E-state index is 1.06. The van der Waals surface area contributed by atoms with Crippen molar-refractivity contribution >= 4 is 28.5 Å². The van der Waals surface area contributed by atoms with Crippen LogP contribution in [0.15, 0.2) is 52.8 Å². The quantitative estimate of drug-likeness (QED) is 0.546. The molecular weight excluding hydrogens is 192 g/mol. The standard InChI is InChI=1S/C12H8OS/c13-7-8-14-12-6-5-10-3-1-2-4-11(10)9-12/h1-6,8-9H. The molecule has 0 aliphatic carbocycles. The van der Waals surface area contributed by atoms with E-state index in [9.17, 15) is 4.79 Å². The van der Waals surface area contributed by atoms with Gasteiger partial charge in [0.1, 0.15) is 5.94 Å². The second-order valence-electron chi connectivity index (χ2n) is 2.86. The molecule has 0 atom stereocenters. The molecule has 0 spiro atoms. The summed E-state index contributed by atoms with van der Waals surface area (Å²) in [6.45, 7) is 0. The fraction of sp³-hybridized carbons (Fsp3) is 0. The van der Waals surface area contributed by atoms with Crippen LogP contribution in [0.1, 0.15) is 0 Å². The van der Waals surface area contributed by atoms with Crippen molar-refractivity contribution in [2.45, 2.75) is 4.90 Å². The first-order chi connectivity index (χ1) is 6.90. The minimum absolute atomic E-state index is 1.06. The van der Waals surface area contributed by atoms with Crippen molar-refractivity contribution in [3.8, 4) is 0 Å². The maximum absolute atomic E-state index is 10.0. The van der Waals surface area contributed by atoms with E-state index in [0.717, 1.165) is 4.90 Å². The molecule has 0 saturated carbocycles. The number of carbonyl (C=O) groups excluding carboxylic acids is 1. The van der Waals surface area contributed by atoms with Gasteiger partial charge in [0, 0.05) is 4.90 Å². The van der Waals surface area contributed by atoms with E-state index in [2.05, 4.69) is 24.3 Å². The van der Waals surface area contributed by atoms with Crippen LogP contribution in [0.3, 0.4) is 0 Å². The third kappa shape index (κ3) is 1.87. The van der Waals surface area contributed by atoms with Gasteiger partial charge in [0.2, 0.25) is 0 Å². The maximum atomic E-state index is 10.0. The van der Waals surface area contributed by atoms with Crippen LogP contribution >= 0.6 is 11.8 Å². The summed E-state index contributed by atoms with van der Waals surface area (Å²) in [4.78, 5) is 11.1. The number of hydrogen-bond acceptors (Lipinski definition) is 2. The fourth-order valence-electron chi connectivity index (χ4n) is 1.33. The van der Waals surface area contributed by atoms with E-state index < -0.39 is 0 Å². The second kappa shape index (κ2) is 4.14. The van der Waals surface area contributed by atoms with Crippen LogP contribution in [0.25, 0.3) is 10.8 Å². The highest BCUT2D eigenvalue weighted by Crippen LogP contribution is 2.23. The van der Waals surface area contributed by atoms with Gasteiger partial charge in [0.25, 0.3) is 0 Å². The summed E-state index contributed by atoms with van der Waals surface area (Å²) in [6.07, 6.45) is 0. The molecule has 68 valence electrons. The normalized spacial score (nSPS) is 9.71. The van der Waals surface area contributed by atoms with E-state index in [4.69, 9.17) is 0 Å². The smallest absolute Gasteiger partial charge is 0.131 e. The molecular formula is C12H8OS. The lowest BCUT2D eigenvalue weighted by atomic mass is 10.1. The van der Waals surface area contributed by atoms with Gasteiger partial charge in [-0.15, -0.1) is 0 Å². The first-order valence-electron chi connectivity index (χ1n) is 4.25. The third-order valence-corrected chi connectivity index (χ3v) is 2.70. The summed E-state index contributed by atoms with van der Waals surface area (Å²) < 4.78 is 0. The summed E-state index contributed by atoms with van der Waals surface area (Å²) >= 11 is 1.39. The van der Waals surface area contributed by atoms with Crippen molar-refractivity contribution < 1.29 is 4.79 Å². The number of thioether (sulfide) groups is 1. The van der Waals surface area contributed by atoms with Crippen molar-refractivity contribution in [3.05, 3.63) is 47.9 Å². The average Bonchev–Trinajstić information content (AvgIpc) is 2.26. The van der Waals surface area contributed by atoms with Gasteiger partial charge >= 0.3 is 0 Å². The Kier molecular flexibility index (Phi) is 2.68. The fourth-order valence-corrected chi connectivity index (χ4v) is 1.86. The van der Waals surface area contributed by atoms with Crippen molar-refractivity contribution in [1.82, 2.24) is 0 Å². The van der Waals surface area contributed by atoms with Gasteiger partial charge in [-0.1, -0.05) is 42.1 Å². The first-order valence-corrected chi connectivity index (χ1v) is 5.13. The molecule has 0 saturated heterocycles. The van der Waals surface area contributed by atoms with Crippen LogP contribution in [0, 0.1) is 0 Å². The lowest BCUT2D eigenvalue weighted by Gasteiger charge is -1.99. The third-order valence-electron chi connectivity index (χ3n) is 1.96. The van der Waals surface area contributed by atoms with E-state index in [1.165, 1.54) is 27.9 Å². The van der Waals surface area contributed by atoms with E-state index in [-0.39, 0.29) is 0 Å². The maximum Gasteiger partial charge on any atom is 0.131 e. The van der Waals surface area contributed by atoms with E-state index in [1.54, 1.807) is 5.94 Å². The zero-order valence-electron chi connectivity index (χ0n) is 7.44. The van der Waals surface area contributed by atoms with Gasteiger partial charge < -0.3 is 0 Å². The zero-order valence-corrected chi connectivity index (χ0v) is 8.25. The predicted molar refractivity (Wildman–Crippen MR) is 60.1 cm³/mol. The molecule has 2 rings (SSSR count). The molecule has 0 heterocycles. The molecule has 0 bridgehead atoms. The lowest BCUT2D eigenvalue weighted by Crippen LogP contribution is -1.72. The molecule has 14 heavy (non-hydrogen) atoms. The van der Waals surface area contributed by atoms with Gasteiger partial charge in [-0.05, 0) is 22.9 Å². The number of fused-ring (bicyclic) bond motifs is 1. The van der Waals surface area contributed by atoms with E-state index in [0.29, 0.717) is 0 Å². The van der Waals surface area contributed by atoms with Gasteiger partial charge in [0.15, 0.2) is 0 Å². The molecule has 0 amide bonds. The average molecular weight is 200 g/mol. The van der Waals surface area contributed by atoms with Gasteiger partial charge in [0.05, 0.1) is 5.41 Å². The second-order valence-corrected chi connectivity index (χ2v) is 3.81. The van der Waals surface area contributed by atoms with Crippen LogP contribution in [0.5, 0.6) is 0 Å². The molecule has 0 aliphatic rings. The largest absolute Gasteiger partial charge is 0.233 e. The predicted octanol–water partition coefficient (Wildman–Crippen LogP) is 3.28. The zero-order chi connectivity index (χ0) is 9.80. The van der Waals surface area contributed by atoms with Crippen LogP contribution in [-0.4, -0.2) is 5.94 Å². The molecule has 0 fully saturated rings. The Labute approximate surface area is 86.4 Å². The topological polar surface area (TPSA) is 17.1 Å². The van der Waals surface area contributed by atoms with E-state index in [1.807, 2.05) is 18.2 Å². The Morgan fingerprint density at radius 2 is 1.86 bits per heavy atom. The minimum Gasteiger partial charge on any atom is -0.233 e. The van der Waals surface area contributed by atoms with Crippen molar-refractivity contribution in [2.24, 2.45) is 0 Å². The monoisotopic (exact) mass is 200 g/mol. The number of hydrogen-bond donors (Lipinski definition) is 0. The number of rotatable bonds is 2. The van der Waals surface area contributed by atoms with Crippen LogP contribution in [0.4, 0.5) is 0 Å². The van der Waals surface area contributed by atoms with Crippen LogP contribution < -0.4 is 0 Å². The molecule has 0 unspecified atom stereocenters. The molecule has 0 aliphatic heterocycles. The highest BCUT2D eigenvalue weighted by Gasteiger charge is 1.94. The SMILES string of the molecule is O=C=CSc1ccc2ccccc2c1. The van der Waals surface area contributed by atoms with Crippen molar-refractivity contribution in [1.29, 1.82) is 0 Å². The molecule has 0 N–H and O–H groups in total. The van der Waals surface area contributed by atoms with Gasteiger partial charge in [-0.3, -0.25) is 0 Å². The summed E-state index contributed by atoms with van der Waals surface area (Å²) in [5, 5.41) is 3.83. The van der Waals surface area contributed by atoms with Gasteiger partial charge in [-0.2, -0.15) is 0 Å². The first kappa shape index (κ1) is 9.07. The molecule has 2 aromatic carbocycles. The summed E-state index contributed by atoms with van der Waals surface area (Å²) in [5.41, 5.74) is 0. The number of benzene rings is 2. The Morgan fingerprint density at radius 3 is 2.64 bits per heavy atom.